The van der Waals surface area contributed by atoms with Gasteiger partial charge in [0.2, 0.25) is 0 Å². The van der Waals surface area contributed by atoms with Crippen molar-refractivity contribution in [2.75, 3.05) is 0 Å². The van der Waals surface area contributed by atoms with E-state index in [0.717, 1.165) is 15.7 Å². The van der Waals surface area contributed by atoms with E-state index in [1.807, 2.05) is 30.3 Å². The molecule has 4 rings (SSSR count). The molecule has 0 spiro atoms. The lowest BCUT2D eigenvalue weighted by Gasteiger charge is -1.98. The first kappa shape index (κ1) is 11.0. The molecule has 0 unspecified atom stereocenters. The lowest BCUT2D eigenvalue weighted by Crippen LogP contribution is -2.11. The maximum atomic E-state index is 12.5. The molecule has 0 amide bonds. The molecule has 4 aromatic rings. The fourth-order valence-corrected chi connectivity index (χ4v) is 3.44. The zero-order chi connectivity index (χ0) is 13.0. The van der Waals surface area contributed by atoms with Gasteiger partial charge in [0.15, 0.2) is 4.96 Å². The molecule has 0 saturated carbocycles. The van der Waals surface area contributed by atoms with E-state index in [9.17, 15) is 4.79 Å². The highest BCUT2D eigenvalue weighted by Gasteiger charge is 2.11. The van der Waals surface area contributed by atoms with Crippen LogP contribution in [0.3, 0.4) is 0 Å². The summed E-state index contributed by atoms with van der Waals surface area (Å²) in [7, 11) is 0. The van der Waals surface area contributed by atoms with Crippen molar-refractivity contribution < 1.29 is 0 Å². The van der Waals surface area contributed by atoms with Crippen LogP contribution in [0, 0.1) is 0 Å². The van der Waals surface area contributed by atoms with Gasteiger partial charge in [0, 0.05) is 9.72 Å². The summed E-state index contributed by atoms with van der Waals surface area (Å²) in [5.41, 5.74) is 1.51. The summed E-state index contributed by atoms with van der Waals surface area (Å²) in [6, 6.07) is 13.0. The molecule has 0 aliphatic heterocycles. The van der Waals surface area contributed by atoms with Crippen molar-refractivity contribution in [1.82, 2.24) is 9.38 Å². The minimum absolute atomic E-state index is 0.0332. The second-order valence-electron chi connectivity index (χ2n) is 4.27. The van der Waals surface area contributed by atoms with E-state index >= 15 is 0 Å². The van der Waals surface area contributed by atoms with Gasteiger partial charge in [0.1, 0.15) is 0 Å². The minimum atomic E-state index is -0.0332. The first-order valence-corrected chi connectivity index (χ1v) is 6.93. The first-order chi connectivity index (χ1) is 9.24. The number of hydrogen-bond acceptors (Lipinski definition) is 3. The van der Waals surface area contributed by atoms with E-state index in [1.165, 1.54) is 11.3 Å². The van der Waals surface area contributed by atoms with Crippen molar-refractivity contribution in [2.45, 2.75) is 0 Å². The van der Waals surface area contributed by atoms with Crippen LogP contribution in [-0.2, 0) is 0 Å². The number of rotatable bonds is 0. The van der Waals surface area contributed by atoms with Crippen molar-refractivity contribution in [3.63, 3.8) is 0 Å². The van der Waals surface area contributed by atoms with Gasteiger partial charge in [-0.1, -0.05) is 35.1 Å². The lowest BCUT2D eigenvalue weighted by atomic mass is 10.3. The molecule has 0 atom stereocenters. The van der Waals surface area contributed by atoms with Crippen molar-refractivity contribution in [3.8, 4) is 0 Å². The number of fused-ring (bicyclic) bond motifs is 4. The van der Waals surface area contributed by atoms with Crippen molar-refractivity contribution in [2.24, 2.45) is 0 Å². The summed E-state index contributed by atoms with van der Waals surface area (Å²) < 4.78 is 2.60. The zero-order valence-corrected chi connectivity index (χ0v) is 11.2. The quantitative estimate of drug-likeness (QED) is 0.494. The second kappa shape index (κ2) is 3.79. The molecule has 0 bridgehead atoms. The monoisotopic (exact) mass is 286 g/mol. The largest absolute Gasteiger partial charge is 0.268 e. The molecule has 92 valence electrons. The van der Waals surface area contributed by atoms with Gasteiger partial charge >= 0.3 is 0 Å². The van der Waals surface area contributed by atoms with Gasteiger partial charge in [0.25, 0.3) is 5.56 Å². The Balaban J connectivity index is 2.33. The highest BCUT2D eigenvalue weighted by molar-refractivity contribution is 7.23. The molecule has 2 aromatic heterocycles. The SMILES string of the molecule is O=c1c2ccccc2sc2nc3cc(Cl)ccc3n12. The van der Waals surface area contributed by atoms with Crippen LogP contribution in [0.2, 0.25) is 5.02 Å². The van der Waals surface area contributed by atoms with E-state index in [-0.39, 0.29) is 5.56 Å². The van der Waals surface area contributed by atoms with E-state index in [0.29, 0.717) is 15.4 Å². The maximum Gasteiger partial charge on any atom is 0.266 e. The van der Waals surface area contributed by atoms with Gasteiger partial charge in [0.05, 0.1) is 16.4 Å². The van der Waals surface area contributed by atoms with Gasteiger partial charge in [-0.2, -0.15) is 0 Å². The summed E-state index contributed by atoms with van der Waals surface area (Å²) in [6.07, 6.45) is 0. The molecular weight excluding hydrogens is 280 g/mol. The van der Waals surface area contributed by atoms with Gasteiger partial charge in [-0.05, 0) is 30.3 Å². The van der Waals surface area contributed by atoms with Crippen LogP contribution in [0.1, 0.15) is 0 Å². The Labute approximate surface area is 116 Å². The number of halogens is 1. The number of imidazole rings is 1. The van der Waals surface area contributed by atoms with E-state index in [4.69, 9.17) is 11.6 Å². The Hall–Kier alpha value is -1.91. The molecule has 19 heavy (non-hydrogen) atoms. The number of nitrogens with zero attached hydrogens (tertiary/aromatic N) is 2. The summed E-state index contributed by atoms with van der Waals surface area (Å²) >= 11 is 7.47. The second-order valence-corrected chi connectivity index (χ2v) is 5.71. The van der Waals surface area contributed by atoms with Crippen LogP contribution in [-0.4, -0.2) is 9.38 Å². The summed E-state index contributed by atoms with van der Waals surface area (Å²) in [5.74, 6) is 0. The highest BCUT2D eigenvalue weighted by atomic mass is 35.5. The molecule has 2 aromatic carbocycles. The number of benzene rings is 2. The number of hydrogen-bond donors (Lipinski definition) is 0. The Morgan fingerprint density at radius 2 is 2.00 bits per heavy atom. The summed E-state index contributed by atoms with van der Waals surface area (Å²) in [5, 5.41) is 1.34. The van der Waals surface area contributed by atoms with Gasteiger partial charge in [-0.3, -0.25) is 4.79 Å². The fourth-order valence-electron chi connectivity index (χ4n) is 2.25. The van der Waals surface area contributed by atoms with Crippen LogP contribution in [0.15, 0.2) is 47.3 Å². The predicted octanol–water partition coefficient (Wildman–Crippen LogP) is 3.72. The van der Waals surface area contributed by atoms with Crippen molar-refractivity contribution in [3.05, 3.63) is 57.8 Å². The molecular formula is C14H7ClN2OS. The van der Waals surface area contributed by atoms with Crippen LogP contribution < -0.4 is 5.56 Å². The molecule has 0 saturated heterocycles. The Kier molecular flexibility index (Phi) is 2.19. The molecule has 0 N–H and O–H groups in total. The van der Waals surface area contributed by atoms with Gasteiger partial charge in [-0.25, -0.2) is 9.38 Å². The first-order valence-electron chi connectivity index (χ1n) is 5.73. The zero-order valence-electron chi connectivity index (χ0n) is 9.63. The maximum absolute atomic E-state index is 12.5. The third kappa shape index (κ3) is 1.50. The topological polar surface area (TPSA) is 34.4 Å². The summed E-state index contributed by atoms with van der Waals surface area (Å²) in [6.45, 7) is 0. The van der Waals surface area contributed by atoms with Crippen molar-refractivity contribution in [1.29, 1.82) is 0 Å². The van der Waals surface area contributed by atoms with Crippen molar-refractivity contribution >= 4 is 49.0 Å². The Morgan fingerprint density at radius 1 is 1.16 bits per heavy atom. The van der Waals surface area contributed by atoms with Crippen LogP contribution in [0.25, 0.3) is 26.1 Å². The normalized spacial score (nSPS) is 11.6. The highest BCUT2D eigenvalue weighted by Crippen LogP contribution is 2.25. The van der Waals surface area contributed by atoms with E-state index in [1.54, 1.807) is 16.5 Å². The third-order valence-electron chi connectivity index (χ3n) is 3.11. The summed E-state index contributed by atoms with van der Waals surface area (Å²) in [4.78, 5) is 17.7. The molecule has 0 radical (unpaired) electrons. The van der Waals surface area contributed by atoms with E-state index < -0.39 is 0 Å². The van der Waals surface area contributed by atoms with E-state index in [2.05, 4.69) is 4.98 Å². The molecule has 0 aliphatic rings. The van der Waals surface area contributed by atoms with Gasteiger partial charge < -0.3 is 0 Å². The standard InChI is InChI=1S/C14H7ClN2OS/c15-8-5-6-11-10(7-8)16-14-17(11)13(18)9-3-1-2-4-12(9)19-14/h1-7H. The predicted molar refractivity (Wildman–Crippen MR) is 79.4 cm³/mol. The van der Waals surface area contributed by atoms with Crippen LogP contribution in [0.5, 0.6) is 0 Å². The molecule has 2 heterocycles. The molecule has 3 nitrogen and oxygen atoms in total. The van der Waals surface area contributed by atoms with Crippen LogP contribution >= 0.6 is 22.9 Å². The average Bonchev–Trinajstić information content (AvgIpc) is 2.76. The van der Waals surface area contributed by atoms with Gasteiger partial charge in [-0.15, -0.1) is 0 Å². The average molecular weight is 287 g/mol. The lowest BCUT2D eigenvalue weighted by molar-refractivity contribution is 1.20. The number of aromatic nitrogens is 2. The van der Waals surface area contributed by atoms with Crippen LogP contribution in [0.4, 0.5) is 0 Å². The Morgan fingerprint density at radius 3 is 2.89 bits per heavy atom. The molecule has 5 heteroatoms. The molecule has 0 fully saturated rings. The Bertz CT molecular complexity index is 1000. The smallest absolute Gasteiger partial charge is 0.266 e. The fraction of sp³-hybridized carbons (Fsp3) is 0. The third-order valence-corrected chi connectivity index (χ3v) is 4.37. The molecule has 0 aliphatic carbocycles. The minimum Gasteiger partial charge on any atom is -0.268 e.